The van der Waals surface area contributed by atoms with Gasteiger partial charge in [0.2, 0.25) is 0 Å². The minimum Gasteiger partial charge on any atom is -0.370 e. The molecule has 3 N–H and O–H groups in total. The Labute approximate surface area is 79.4 Å². The largest absolute Gasteiger partial charge is 0.370 e. The van der Waals surface area contributed by atoms with Gasteiger partial charge in [-0.1, -0.05) is 6.07 Å². The molecule has 1 heterocycles. The Hall–Kier alpha value is -1.09. The zero-order valence-corrected chi connectivity index (χ0v) is 8.09. The van der Waals surface area contributed by atoms with Crippen LogP contribution in [0, 0.1) is 6.92 Å². The monoisotopic (exact) mass is 179 g/mol. The number of unbranched alkanes of at least 4 members (excludes halogenated alkanes) is 1. The predicted octanol–water partition coefficient (Wildman–Crippen LogP) is 1.54. The van der Waals surface area contributed by atoms with Gasteiger partial charge >= 0.3 is 0 Å². The van der Waals surface area contributed by atoms with Crippen LogP contribution in [-0.4, -0.2) is 18.1 Å². The molecule has 0 aliphatic heterocycles. The lowest BCUT2D eigenvalue weighted by Crippen LogP contribution is -2.06. The molecule has 0 bridgehead atoms. The summed E-state index contributed by atoms with van der Waals surface area (Å²) < 4.78 is 0. The molecule has 0 radical (unpaired) electrons. The van der Waals surface area contributed by atoms with Crippen molar-refractivity contribution in [3.05, 3.63) is 23.9 Å². The van der Waals surface area contributed by atoms with E-state index in [4.69, 9.17) is 5.73 Å². The second-order valence-electron chi connectivity index (χ2n) is 3.09. The lowest BCUT2D eigenvalue weighted by molar-refractivity contribution is 0.772. The van der Waals surface area contributed by atoms with Gasteiger partial charge in [-0.25, -0.2) is 4.98 Å². The van der Waals surface area contributed by atoms with Crippen LogP contribution in [0.2, 0.25) is 0 Å². The zero-order chi connectivity index (χ0) is 9.52. The maximum absolute atomic E-state index is 5.39. The average molecular weight is 179 g/mol. The van der Waals surface area contributed by atoms with Crippen LogP contribution in [0.25, 0.3) is 0 Å². The highest BCUT2D eigenvalue weighted by atomic mass is 15.0. The van der Waals surface area contributed by atoms with Crippen LogP contribution in [0.1, 0.15) is 18.5 Å². The van der Waals surface area contributed by atoms with E-state index in [1.165, 1.54) is 0 Å². The predicted molar refractivity (Wildman–Crippen MR) is 55.8 cm³/mol. The molecule has 0 aliphatic rings. The molecule has 1 rings (SSSR count). The van der Waals surface area contributed by atoms with Crippen LogP contribution >= 0.6 is 0 Å². The number of nitrogens with zero attached hydrogens (tertiary/aromatic N) is 1. The van der Waals surface area contributed by atoms with E-state index >= 15 is 0 Å². The number of aromatic nitrogens is 1. The standard InChI is InChI=1S/C10H17N3/c1-9-5-4-6-10(13-9)12-8-3-2-7-11/h4-6H,2-3,7-8,11H2,1H3,(H,12,13). The summed E-state index contributed by atoms with van der Waals surface area (Å²) in [4.78, 5) is 4.33. The van der Waals surface area contributed by atoms with E-state index in [1.807, 2.05) is 25.1 Å². The molecule has 0 unspecified atom stereocenters. The Kier molecular flexibility index (Phi) is 4.26. The summed E-state index contributed by atoms with van der Waals surface area (Å²) in [5, 5.41) is 3.25. The normalized spacial score (nSPS) is 10.0. The van der Waals surface area contributed by atoms with E-state index in [9.17, 15) is 0 Å². The minimum atomic E-state index is 0.767. The van der Waals surface area contributed by atoms with Gasteiger partial charge in [0.25, 0.3) is 0 Å². The van der Waals surface area contributed by atoms with Crippen LogP contribution < -0.4 is 11.1 Å². The molecule has 3 heteroatoms. The number of rotatable bonds is 5. The van der Waals surface area contributed by atoms with E-state index in [-0.39, 0.29) is 0 Å². The molecule has 0 spiro atoms. The van der Waals surface area contributed by atoms with Gasteiger partial charge in [-0.15, -0.1) is 0 Å². The van der Waals surface area contributed by atoms with E-state index in [2.05, 4.69) is 10.3 Å². The fraction of sp³-hybridized carbons (Fsp3) is 0.500. The summed E-state index contributed by atoms with van der Waals surface area (Å²) in [6.45, 7) is 3.71. The van der Waals surface area contributed by atoms with Gasteiger partial charge in [-0.2, -0.15) is 0 Å². The SMILES string of the molecule is Cc1cccc(NCCCCN)n1. The van der Waals surface area contributed by atoms with Gasteiger partial charge < -0.3 is 11.1 Å². The molecule has 0 aliphatic carbocycles. The van der Waals surface area contributed by atoms with Crippen molar-refractivity contribution in [2.75, 3.05) is 18.4 Å². The third-order valence-corrected chi connectivity index (χ3v) is 1.83. The molecule has 0 aromatic carbocycles. The molecule has 3 nitrogen and oxygen atoms in total. The van der Waals surface area contributed by atoms with E-state index in [1.54, 1.807) is 0 Å². The minimum absolute atomic E-state index is 0.767. The highest BCUT2D eigenvalue weighted by Gasteiger charge is 1.92. The Morgan fingerprint density at radius 2 is 2.23 bits per heavy atom. The second-order valence-corrected chi connectivity index (χ2v) is 3.09. The molecule has 0 saturated carbocycles. The first kappa shape index (κ1) is 9.99. The number of hydrogen-bond acceptors (Lipinski definition) is 3. The van der Waals surface area contributed by atoms with E-state index < -0.39 is 0 Å². The molecule has 0 atom stereocenters. The topological polar surface area (TPSA) is 50.9 Å². The van der Waals surface area contributed by atoms with Crippen molar-refractivity contribution in [2.24, 2.45) is 5.73 Å². The molecule has 1 aromatic rings. The number of nitrogens with one attached hydrogen (secondary N) is 1. The van der Waals surface area contributed by atoms with Gasteiger partial charge in [0.1, 0.15) is 5.82 Å². The van der Waals surface area contributed by atoms with Crippen LogP contribution in [0.4, 0.5) is 5.82 Å². The Morgan fingerprint density at radius 3 is 2.92 bits per heavy atom. The van der Waals surface area contributed by atoms with Crippen molar-refractivity contribution < 1.29 is 0 Å². The first-order valence-corrected chi connectivity index (χ1v) is 4.70. The van der Waals surface area contributed by atoms with Crippen molar-refractivity contribution in [1.29, 1.82) is 0 Å². The summed E-state index contributed by atoms with van der Waals surface area (Å²) in [5.74, 6) is 0.956. The molecule has 0 amide bonds. The highest BCUT2D eigenvalue weighted by molar-refractivity contribution is 5.34. The van der Waals surface area contributed by atoms with Crippen molar-refractivity contribution in [2.45, 2.75) is 19.8 Å². The zero-order valence-electron chi connectivity index (χ0n) is 8.09. The van der Waals surface area contributed by atoms with Gasteiger partial charge in [-0.3, -0.25) is 0 Å². The molecule has 13 heavy (non-hydrogen) atoms. The first-order valence-electron chi connectivity index (χ1n) is 4.70. The third kappa shape index (κ3) is 3.90. The van der Waals surface area contributed by atoms with Crippen LogP contribution in [0.15, 0.2) is 18.2 Å². The lowest BCUT2D eigenvalue weighted by Gasteiger charge is -2.04. The highest BCUT2D eigenvalue weighted by Crippen LogP contribution is 2.03. The fourth-order valence-corrected chi connectivity index (χ4v) is 1.13. The van der Waals surface area contributed by atoms with E-state index in [0.29, 0.717) is 0 Å². The van der Waals surface area contributed by atoms with Crippen LogP contribution in [0.5, 0.6) is 0 Å². The van der Waals surface area contributed by atoms with Gasteiger partial charge in [0.05, 0.1) is 0 Å². The molecular weight excluding hydrogens is 162 g/mol. The van der Waals surface area contributed by atoms with Gasteiger partial charge in [0, 0.05) is 12.2 Å². The van der Waals surface area contributed by atoms with Crippen LogP contribution in [0.3, 0.4) is 0 Å². The molecule has 0 fully saturated rings. The first-order chi connectivity index (χ1) is 6.33. The molecule has 72 valence electrons. The van der Waals surface area contributed by atoms with Crippen molar-refractivity contribution in [3.8, 4) is 0 Å². The maximum Gasteiger partial charge on any atom is 0.126 e. The van der Waals surface area contributed by atoms with Crippen molar-refractivity contribution in [3.63, 3.8) is 0 Å². The summed E-state index contributed by atoms with van der Waals surface area (Å²) in [6.07, 6.45) is 2.17. The smallest absolute Gasteiger partial charge is 0.126 e. The average Bonchev–Trinajstić information content (AvgIpc) is 2.13. The Morgan fingerprint density at radius 1 is 1.38 bits per heavy atom. The summed E-state index contributed by atoms with van der Waals surface area (Å²) in [7, 11) is 0. The lowest BCUT2D eigenvalue weighted by atomic mass is 10.3. The van der Waals surface area contributed by atoms with Crippen LogP contribution in [-0.2, 0) is 0 Å². The number of anilines is 1. The van der Waals surface area contributed by atoms with Gasteiger partial charge in [-0.05, 0) is 38.4 Å². The maximum atomic E-state index is 5.39. The van der Waals surface area contributed by atoms with Gasteiger partial charge in [0.15, 0.2) is 0 Å². The van der Waals surface area contributed by atoms with Crippen molar-refractivity contribution >= 4 is 5.82 Å². The quantitative estimate of drug-likeness (QED) is 0.674. The fourth-order valence-electron chi connectivity index (χ4n) is 1.13. The van der Waals surface area contributed by atoms with Crippen molar-refractivity contribution in [1.82, 2.24) is 4.98 Å². The Bertz CT molecular complexity index is 248. The number of hydrogen-bond donors (Lipinski definition) is 2. The number of pyridine rings is 1. The van der Waals surface area contributed by atoms with E-state index in [0.717, 1.165) is 37.4 Å². The molecule has 1 aromatic heterocycles. The summed E-state index contributed by atoms with van der Waals surface area (Å²) >= 11 is 0. The molecule has 0 saturated heterocycles. The third-order valence-electron chi connectivity index (χ3n) is 1.83. The Balaban J connectivity index is 2.28. The number of aryl methyl sites for hydroxylation is 1. The second kappa shape index (κ2) is 5.54. The molecular formula is C10H17N3. The summed E-state index contributed by atoms with van der Waals surface area (Å²) in [6, 6.07) is 5.98. The number of nitrogens with two attached hydrogens (primary N) is 1. The summed E-state index contributed by atoms with van der Waals surface area (Å²) in [5.41, 5.74) is 6.43.